The number of ether oxygens (including phenoxy) is 4. The van der Waals surface area contributed by atoms with Crippen LogP contribution in [0.4, 0.5) is 0 Å². The van der Waals surface area contributed by atoms with Crippen LogP contribution in [0.3, 0.4) is 0 Å². The van der Waals surface area contributed by atoms with Gasteiger partial charge in [-0.15, -0.1) is 0 Å². The largest absolute Gasteiger partial charge is 0.472 e. The highest BCUT2D eigenvalue weighted by Gasteiger charge is 2.30. The molecule has 91 heavy (non-hydrogen) atoms. The van der Waals surface area contributed by atoms with E-state index in [1.165, 1.54) is 167 Å². The summed E-state index contributed by atoms with van der Waals surface area (Å²) in [5.41, 5.74) is 0. The molecule has 0 saturated heterocycles. The standard InChI is InChI=1S/C72H140O17P2/c1-8-9-10-11-12-32-39-46-53-69(74)82-59-67(88-72(77)56-49-42-35-28-22-21-25-31-38-45-52-65(6)7)61-86-90(78,79)84-57-66(73)58-85-91(80,81)87-62-68(89-71(76)55-48-41-34-27-20-16-14-18-24-30-37-44-51-64(4)5)60-83-70(75)54-47-40-33-26-19-15-13-17-23-29-36-43-50-63(2)3/h63-68,73H,8-62H2,1-7H3,(H,78,79)(H,80,81)/t66-,67+,68+/m0/s1. The molecule has 0 radical (unpaired) electrons. The van der Waals surface area contributed by atoms with Gasteiger partial charge in [0.1, 0.15) is 19.3 Å². The Morgan fingerprint density at radius 2 is 0.505 bits per heavy atom. The molecule has 0 spiro atoms. The maximum atomic E-state index is 13.0. The van der Waals surface area contributed by atoms with E-state index in [1.54, 1.807) is 0 Å². The Balaban J connectivity index is 5.23. The first kappa shape index (κ1) is 89.1. The lowest BCUT2D eigenvalue weighted by atomic mass is 10.0. The summed E-state index contributed by atoms with van der Waals surface area (Å²) in [5, 5.41) is 10.6. The summed E-state index contributed by atoms with van der Waals surface area (Å²) in [5.74, 6) is 0.186. The number of aliphatic hydroxyl groups excluding tert-OH is 1. The maximum Gasteiger partial charge on any atom is 0.472 e. The summed E-state index contributed by atoms with van der Waals surface area (Å²) in [4.78, 5) is 72.6. The van der Waals surface area contributed by atoms with Crippen molar-refractivity contribution in [3.05, 3.63) is 0 Å². The minimum absolute atomic E-state index is 0.105. The predicted octanol–water partition coefficient (Wildman–Crippen LogP) is 20.6. The first-order valence-corrected chi connectivity index (χ1v) is 40.3. The van der Waals surface area contributed by atoms with Crippen molar-refractivity contribution in [2.24, 2.45) is 17.8 Å². The van der Waals surface area contributed by atoms with Crippen LogP contribution in [0.5, 0.6) is 0 Å². The van der Waals surface area contributed by atoms with Gasteiger partial charge in [0.05, 0.1) is 26.4 Å². The lowest BCUT2D eigenvalue weighted by Crippen LogP contribution is -2.30. The third-order valence-electron chi connectivity index (χ3n) is 16.6. The first-order chi connectivity index (χ1) is 43.7. The fourth-order valence-electron chi connectivity index (χ4n) is 10.9. The van der Waals surface area contributed by atoms with Crippen LogP contribution in [0, 0.1) is 17.8 Å². The Kier molecular flexibility index (Phi) is 61.5. The summed E-state index contributed by atoms with van der Waals surface area (Å²) in [6.45, 7) is 11.9. The fourth-order valence-corrected chi connectivity index (χ4v) is 12.5. The maximum absolute atomic E-state index is 13.0. The summed E-state index contributed by atoms with van der Waals surface area (Å²) >= 11 is 0. The number of phosphoric acid groups is 2. The molecular weight excluding hydrogens is 1200 g/mol. The van der Waals surface area contributed by atoms with Gasteiger partial charge in [-0.05, 0) is 43.4 Å². The van der Waals surface area contributed by atoms with Crippen LogP contribution < -0.4 is 0 Å². The SMILES string of the molecule is CCCCCCCCCCC(=O)OC[C@H](COP(=O)(O)OC[C@H](O)COP(=O)(O)OC[C@@H](COC(=O)CCCCCCCCCCCCCCC(C)C)OC(=O)CCCCCCCCCCCCCCC(C)C)OC(=O)CCCCCCCCCCCCC(C)C. The highest BCUT2D eigenvalue weighted by atomic mass is 31.2. The average Bonchev–Trinajstić information content (AvgIpc) is 3.43. The van der Waals surface area contributed by atoms with Gasteiger partial charge in [-0.1, -0.05) is 312 Å². The first-order valence-electron chi connectivity index (χ1n) is 37.3. The highest BCUT2D eigenvalue weighted by Crippen LogP contribution is 2.45. The molecule has 0 aromatic heterocycles. The van der Waals surface area contributed by atoms with Crippen molar-refractivity contribution < 1.29 is 80.2 Å². The molecule has 0 aromatic rings. The zero-order valence-corrected chi connectivity index (χ0v) is 61.1. The van der Waals surface area contributed by atoms with Crippen LogP contribution >= 0.6 is 15.6 Å². The Labute approximate surface area is 556 Å². The smallest absolute Gasteiger partial charge is 0.462 e. The van der Waals surface area contributed by atoms with Gasteiger partial charge in [0, 0.05) is 25.7 Å². The third-order valence-corrected chi connectivity index (χ3v) is 18.5. The van der Waals surface area contributed by atoms with Crippen molar-refractivity contribution >= 4 is 39.5 Å². The molecule has 0 heterocycles. The van der Waals surface area contributed by atoms with Gasteiger partial charge in [0.2, 0.25) is 0 Å². The molecule has 19 heteroatoms. The van der Waals surface area contributed by atoms with Gasteiger partial charge in [0.25, 0.3) is 0 Å². The fraction of sp³-hybridized carbons (Fsp3) is 0.944. The molecule has 0 aliphatic carbocycles. The van der Waals surface area contributed by atoms with E-state index in [0.717, 1.165) is 114 Å². The lowest BCUT2D eigenvalue weighted by Gasteiger charge is -2.21. The molecule has 5 atom stereocenters. The van der Waals surface area contributed by atoms with Crippen LogP contribution in [-0.2, 0) is 65.4 Å². The second-order valence-electron chi connectivity index (χ2n) is 27.4. The zero-order valence-electron chi connectivity index (χ0n) is 59.3. The third kappa shape index (κ3) is 66.5. The van der Waals surface area contributed by atoms with Crippen LogP contribution in [0.25, 0.3) is 0 Å². The van der Waals surface area contributed by atoms with E-state index in [2.05, 4.69) is 48.5 Å². The van der Waals surface area contributed by atoms with Crippen molar-refractivity contribution in [3.63, 3.8) is 0 Å². The quantitative estimate of drug-likeness (QED) is 0.0222. The number of esters is 4. The monoisotopic (exact) mass is 1340 g/mol. The van der Waals surface area contributed by atoms with Gasteiger partial charge in [-0.2, -0.15) is 0 Å². The molecule has 540 valence electrons. The minimum Gasteiger partial charge on any atom is -0.462 e. The zero-order chi connectivity index (χ0) is 67.3. The molecule has 0 aromatic carbocycles. The molecule has 0 aliphatic heterocycles. The molecule has 0 amide bonds. The molecule has 0 fully saturated rings. The second kappa shape index (κ2) is 62.8. The molecule has 2 unspecified atom stereocenters. The van der Waals surface area contributed by atoms with E-state index in [9.17, 15) is 43.2 Å². The highest BCUT2D eigenvalue weighted by molar-refractivity contribution is 7.47. The number of unbranched alkanes of at least 4 members (excludes halogenated alkanes) is 38. The Bertz CT molecular complexity index is 1780. The lowest BCUT2D eigenvalue weighted by molar-refractivity contribution is -0.161. The Morgan fingerprint density at radius 3 is 0.747 bits per heavy atom. The van der Waals surface area contributed by atoms with Crippen LogP contribution in [-0.4, -0.2) is 96.7 Å². The number of phosphoric ester groups is 2. The number of carbonyl (C=O) groups excluding carboxylic acids is 4. The summed E-state index contributed by atoms with van der Waals surface area (Å²) in [6, 6.07) is 0. The number of aliphatic hydroxyl groups is 1. The normalized spacial score (nSPS) is 14.2. The number of carbonyl (C=O) groups is 4. The Morgan fingerprint density at radius 1 is 0.297 bits per heavy atom. The molecular formula is C72H140O17P2. The van der Waals surface area contributed by atoms with Gasteiger partial charge < -0.3 is 33.8 Å². The van der Waals surface area contributed by atoms with E-state index in [0.29, 0.717) is 25.7 Å². The topological polar surface area (TPSA) is 237 Å². The van der Waals surface area contributed by atoms with E-state index >= 15 is 0 Å². The number of rotatable bonds is 70. The van der Waals surface area contributed by atoms with E-state index in [4.69, 9.17) is 37.0 Å². The second-order valence-corrected chi connectivity index (χ2v) is 30.3. The van der Waals surface area contributed by atoms with Gasteiger partial charge in [0.15, 0.2) is 12.2 Å². The molecule has 0 bridgehead atoms. The van der Waals surface area contributed by atoms with Crippen LogP contribution in [0.2, 0.25) is 0 Å². The van der Waals surface area contributed by atoms with Crippen molar-refractivity contribution in [3.8, 4) is 0 Å². The number of hydrogen-bond acceptors (Lipinski definition) is 15. The van der Waals surface area contributed by atoms with Crippen LogP contribution in [0.15, 0.2) is 0 Å². The van der Waals surface area contributed by atoms with Crippen molar-refractivity contribution in [1.82, 2.24) is 0 Å². The average molecular weight is 1340 g/mol. The molecule has 3 N–H and O–H groups in total. The summed E-state index contributed by atoms with van der Waals surface area (Å²) in [7, 11) is -9.90. The summed E-state index contributed by atoms with van der Waals surface area (Å²) in [6.07, 6.45) is 47.2. The molecule has 0 aliphatic rings. The van der Waals surface area contributed by atoms with Gasteiger partial charge in [-0.3, -0.25) is 37.3 Å². The van der Waals surface area contributed by atoms with Crippen molar-refractivity contribution in [1.29, 1.82) is 0 Å². The van der Waals surface area contributed by atoms with Gasteiger partial charge in [-0.25, -0.2) is 9.13 Å². The van der Waals surface area contributed by atoms with Gasteiger partial charge >= 0.3 is 39.5 Å². The predicted molar refractivity (Wildman–Crippen MR) is 368 cm³/mol. The molecule has 0 rings (SSSR count). The summed E-state index contributed by atoms with van der Waals surface area (Å²) < 4.78 is 68.3. The van der Waals surface area contributed by atoms with E-state index in [1.807, 2.05) is 0 Å². The van der Waals surface area contributed by atoms with E-state index < -0.39 is 97.5 Å². The van der Waals surface area contributed by atoms with Crippen molar-refractivity contribution in [2.45, 2.75) is 381 Å². The molecule has 17 nitrogen and oxygen atoms in total. The molecule has 0 saturated carbocycles. The minimum atomic E-state index is -4.95. The Hall–Kier alpha value is -1.94. The van der Waals surface area contributed by atoms with E-state index in [-0.39, 0.29) is 25.7 Å². The number of hydrogen-bond donors (Lipinski definition) is 3. The van der Waals surface area contributed by atoms with Crippen molar-refractivity contribution in [2.75, 3.05) is 39.6 Å². The van der Waals surface area contributed by atoms with Crippen LogP contribution in [0.1, 0.15) is 363 Å².